The van der Waals surface area contributed by atoms with Gasteiger partial charge in [-0.25, -0.2) is 14.4 Å². The number of carbonyl (C=O) groups is 1. The van der Waals surface area contributed by atoms with Gasteiger partial charge in [0.2, 0.25) is 5.91 Å². The summed E-state index contributed by atoms with van der Waals surface area (Å²) in [6.07, 6.45) is 3.41. The van der Waals surface area contributed by atoms with Gasteiger partial charge in [-0.3, -0.25) is 4.79 Å². The number of hydrogen-bond donors (Lipinski definition) is 1. The molecule has 1 heterocycles. The molecule has 1 N–H and O–H groups in total. The fourth-order valence-electron chi connectivity index (χ4n) is 2.53. The Morgan fingerprint density at radius 1 is 1.17 bits per heavy atom. The van der Waals surface area contributed by atoms with Crippen LogP contribution in [0.4, 0.5) is 4.39 Å². The Morgan fingerprint density at radius 2 is 1.83 bits per heavy atom. The van der Waals surface area contributed by atoms with Crippen molar-refractivity contribution in [1.82, 2.24) is 15.3 Å². The molecule has 0 aliphatic heterocycles. The first-order valence-electron chi connectivity index (χ1n) is 7.89. The Hall–Kier alpha value is -1.95. The number of aryl methyl sites for hydroxylation is 2. The normalized spacial score (nSPS) is 10.7. The van der Waals surface area contributed by atoms with Crippen molar-refractivity contribution in [3.63, 3.8) is 0 Å². The Morgan fingerprint density at radius 3 is 2.46 bits per heavy atom. The van der Waals surface area contributed by atoms with Gasteiger partial charge in [-0.2, -0.15) is 0 Å². The van der Waals surface area contributed by atoms with E-state index in [2.05, 4.69) is 15.3 Å². The molecule has 1 aromatic heterocycles. The van der Waals surface area contributed by atoms with Crippen LogP contribution in [0, 0.1) is 19.7 Å². The van der Waals surface area contributed by atoms with Gasteiger partial charge >= 0.3 is 0 Å². The number of hydrogen-bond acceptors (Lipinski definition) is 4. The predicted octanol–water partition coefficient (Wildman–Crippen LogP) is 3.25. The highest BCUT2D eigenvalue weighted by Crippen LogP contribution is 2.17. The number of aromatic nitrogens is 2. The van der Waals surface area contributed by atoms with Gasteiger partial charge < -0.3 is 5.32 Å². The maximum Gasteiger partial charge on any atom is 0.220 e. The summed E-state index contributed by atoms with van der Waals surface area (Å²) in [5.41, 5.74) is 3.49. The predicted molar refractivity (Wildman–Crippen MR) is 94.7 cm³/mol. The van der Waals surface area contributed by atoms with E-state index in [1.54, 1.807) is 18.2 Å². The zero-order valence-electron chi connectivity index (χ0n) is 14.2. The van der Waals surface area contributed by atoms with E-state index in [1.807, 2.05) is 20.1 Å². The molecule has 24 heavy (non-hydrogen) atoms. The molecule has 2 aromatic rings. The average molecular weight is 347 g/mol. The molecule has 0 saturated carbocycles. The number of carbonyl (C=O) groups excluding carboxylic acids is 1. The van der Waals surface area contributed by atoms with Gasteiger partial charge in [0.05, 0.1) is 0 Å². The van der Waals surface area contributed by atoms with Gasteiger partial charge in [0.1, 0.15) is 5.82 Å². The molecule has 0 fully saturated rings. The van der Waals surface area contributed by atoms with Crippen LogP contribution >= 0.6 is 11.8 Å². The summed E-state index contributed by atoms with van der Waals surface area (Å²) in [5.74, 6) is -0.275. The molecule has 6 heteroatoms. The highest BCUT2D eigenvalue weighted by Gasteiger charge is 2.10. The van der Waals surface area contributed by atoms with Crippen molar-refractivity contribution in [3.05, 3.63) is 52.6 Å². The quantitative estimate of drug-likeness (QED) is 0.617. The van der Waals surface area contributed by atoms with Gasteiger partial charge in [-0.05, 0) is 50.1 Å². The highest BCUT2D eigenvalue weighted by atomic mass is 32.2. The largest absolute Gasteiger partial charge is 0.356 e. The van der Waals surface area contributed by atoms with Crippen LogP contribution in [0.1, 0.15) is 28.9 Å². The minimum Gasteiger partial charge on any atom is -0.356 e. The molecular formula is C18H22FN3OS. The number of thioether (sulfide) groups is 1. The fraction of sp³-hybridized carbons (Fsp3) is 0.389. The van der Waals surface area contributed by atoms with Gasteiger partial charge in [0, 0.05) is 24.4 Å². The molecule has 0 atom stereocenters. The summed E-state index contributed by atoms with van der Waals surface area (Å²) in [6, 6.07) is 6.62. The number of nitrogens with one attached hydrogen (secondary N) is 1. The molecule has 0 bridgehead atoms. The van der Waals surface area contributed by atoms with E-state index < -0.39 is 0 Å². The lowest BCUT2D eigenvalue weighted by atomic mass is 10.1. The van der Waals surface area contributed by atoms with Gasteiger partial charge in [0.15, 0.2) is 5.16 Å². The summed E-state index contributed by atoms with van der Waals surface area (Å²) in [4.78, 5) is 20.8. The third kappa shape index (κ3) is 5.03. The molecule has 0 saturated heterocycles. The Bertz CT molecular complexity index is 698. The molecular weight excluding hydrogens is 325 g/mol. The number of amides is 1. The monoisotopic (exact) mass is 347 g/mol. The maximum atomic E-state index is 13.5. The summed E-state index contributed by atoms with van der Waals surface area (Å²) < 4.78 is 13.5. The SMILES string of the molecule is CSc1nc(C)c(CCC(=O)NCCc2ccccc2F)c(C)n1. The van der Waals surface area contributed by atoms with Gasteiger partial charge in [-0.15, -0.1) is 0 Å². The third-order valence-electron chi connectivity index (χ3n) is 3.86. The Kier molecular flexibility index (Phi) is 6.73. The van der Waals surface area contributed by atoms with E-state index >= 15 is 0 Å². The fourth-order valence-corrected chi connectivity index (χ4v) is 2.98. The van der Waals surface area contributed by atoms with E-state index in [0.29, 0.717) is 31.4 Å². The lowest BCUT2D eigenvalue weighted by molar-refractivity contribution is -0.121. The smallest absolute Gasteiger partial charge is 0.220 e. The molecule has 0 aliphatic rings. The minimum absolute atomic E-state index is 0.0425. The van der Waals surface area contributed by atoms with E-state index in [1.165, 1.54) is 17.8 Å². The first kappa shape index (κ1) is 18.4. The minimum atomic E-state index is -0.232. The first-order chi connectivity index (χ1) is 11.5. The van der Waals surface area contributed by atoms with Crippen molar-refractivity contribution in [2.45, 2.75) is 38.3 Å². The first-order valence-corrected chi connectivity index (χ1v) is 9.12. The zero-order chi connectivity index (χ0) is 17.5. The van der Waals surface area contributed by atoms with E-state index in [0.717, 1.165) is 22.1 Å². The van der Waals surface area contributed by atoms with Crippen LogP contribution in [0.25, 0.3) is 0 Å². The topological polar surface area (TPSA) is 54.9 Å². The van der Waals surface area contributed by atoms with E-state index in [9.17, 15) is 9.18 Å². The van der Waals surface area contributed by atoms with Crippen molar-refractivity contribution in [1.29, 1.82) is 0 Å². The lowest BCUT2D eigenvalue weighted by Gasteiger charge is -2.10. The lowest BCUT2D eigenvalue weighted by Crippen LogP contribution is -2.26. The standard InChI is InChI=1S/C18H22FN3OS/c1-12-15(13(2)22-18(21-12)24-3)8-9-17(23)20-11-10-14-6-4-5-7-16(14)19/h4-7H,8-11H2,1-3H3,(H,20,23). The molecule has 0 unspecified atom stereocenters. The van der Waals surface area contributed by atoms with Crippen LogP contribution in [0.3, 0.4) is 0 Å². The Labute approximate surface area is 146 Å². The van der Waals surface area contributed by atoms with Crippen molar-refractivity contribution >= 4 is 17.7 Å². The van der Waals surface area contributed by atoms with Crippen LogP contribution < -0.4 is 5.32 Å². The van der Waals surface area contributed by atoms with Gasteiger partial charge in [0.25, 0.3) is 0 Å². The van der Waals surface area contributed by atoms with Crippen LogP contribution in [0.2, 0.25) is 0 Å². The number of rotatable bonds is 7. The van der Waals surface area contributed by atoms with Crippen LogP contribution in [-0.4, -0.2) is 28.7 Å². The van der Waals surface area contributed by atoms with Gasteiger partial charge in [-0.1, -0.05) is 30.0 Å². The second-order valence-electron chi connectivity index (χ2n) is 5.55. The van der Waals surface area contributed by atoms with Crippen LogP contribution in [0.15, 0.2) is 29.4 Å². The van der Waals surface area contributed by atoms with Crippen molar-refractivity contribution < 1.29 is 9.18 Å². The van der Waals surface area contributed by atoms with Crippen LogP contribution in [0.5, 0.6) is 0 Å². The molecule has 2 rings (SSSR count). The molecule has 0 spiro atoms. The average Bonchev–Trinajstić information content (AvgIpc) is 2.55. The Balaban J connectivity index is 1.82. The molecule has 4 nitrogen and oxygen atoms in total. The van der Waals surface area contributed by atoms with E-state index in [4.69, 9.17) is 0 Å². The second kappa shape index (κ2) is 8.78. The highest BCUT2D eigenvalue weighted by molar-refractivity contribution is 7.98. The van der Waals surface area contributed by atoms with Crippen molar-refractivity contribution in [2.75, 3.05) is 12.8 Å². The summed E-state index contributed by atoms with van der Waals surface area (Å²) >= 11 is 1.51. The van der Waals surface area contributed by atoms with Crippen molar-refractivity contribution in [3.8, 4) is 0 Å². The summed E-state index contributed by atoms with van der Waals surface area (Å²) in [5, 5.41) is 3.59. The number of benzene rings is 1. The third-order valence-corrected chi connectivity index (χ3v) is 4.41. The number of nitrogens with zero attached hydrogens (tertiary/aromatic N) is 2. The molecule has 1 amide bonds. The second-order valence-corrected chi connectivity index (χ2v) is 6.32. The molecule has 0 aliphatic carbocycles. The van der Waals surface area contributed by atoms with E-state index in [-0.39, 0.29) is 11.7 Å². The molecule has 128 valence electrons. The van der Waals surface area contributed by atoms with Crippen molar-refractivity contribution in [2.24, 2.45) is 0 Å². The number of halogens is 1. The molecule has 1 aromatic carbocycles. The maximum absolute atomic E-state index is 13.5. The summed E-state index contributed by atoms with van der Waals surface area (Å²) in [6.45, 7) is 4.32. The molecule has 0 radical (unpaired) electrons. The zero-order valence-corrected chi connectivity index (χ0v) is 15.0. The summed E-state index contributed by atoms with van der Waals surface area (Å²) in [7, 11) is 0. The van der Waals surface area contributed by atoms with Crippen LogP contribution in [-0.2, 0) is 17.6 Å².